The second-order valence-electron chi connectivity index (χ2n) is 6.73. The molecule has 1 aliphatic heterocycles. The van der Waals surface area contributed by atoms with E-state index >= 15 is 0 Å². The number of fused-ring (bicyclic) bond motifs is 1. The highest BCUT2D eigenvalue weighted by atomic mass is 35.5. The summed E-state index contributed by atoms with van der Waals surface area (Å²) in [5.41, 5.74) is 4.10. The van der Waals surface area contributed by atoms with Crippen molar-refractivity contribution in [2.45, 2.75) is 12.5 Å². The maximum atomic E-state index is 13.2. The van der Waals surface area contributed by atoms with Gasteiger partial charge in [-0.05, 0) is 47.4 Å². The highest BCUT2D eigenvalue weighted by Crippen LogP contribution is 2.36. The smallest absolute Gasteiger partial charge is 0.322 e. The SMILES string of the molecule is COc1ccccc1NC(=O)N1CCc2ccccc2[C@H]1c1ccc(Cl)cc1. The van der Waals surface area contributed by atoms with Gasteiger partial charge in [-0.15, -0.1) is 0 Å². The van der Waals surface area contributed by atoms with Crippen molar-refractivity contribution in [2.75, 3.05) is 19.0 Å². The Hall–Kier alpha value is -2.98. The van der Waals surface area contributed by atoms with Gasteiger partial charge < -0.3 is 15.0 Å². The van der Waals surface area contributed by atoms with Crippen molar-refractivity contribution in [3.05, 3.63) is 94.5 Å². The summed E-state index contributed by atoms with van der Waals surface area (Å²) < 4.78 is 5.37. The number of nitrogens with one attached hydrogen (secondary N) is 1. The third-order valence-corrected chi connectivity index (χ3v) is 5.33. The van der Waals surface area contributed by atoms with Crippen molar-refractivity contribution >= 4 is 23.3 Å². The molecule has 1 atom stereocenters. The minimum Gasteiger partial charge on any atom is -0.495 e. The molecule has 0 bridgehead atoms. The van der Waals surface area contributed by atoms with Crippen LogP contribution in [0.15, 0.2) is 72.8 Å². The number of carbonyl (C=O) groups is 1. The lowest BCUT2D eigenvalue weighted by Gasteiger charge is -2.37. The van der Waals surface area contributed by atoms with E-state index in [2.05, 4.69) is 17.4 Å². The van der Waals surface area contributed by atoms with Crippen LogP contribution in [0.2, 0.25) is 5.02 Å². The van der Waals surface area contributed by atoms with Gasteiger partial charge >= 0.3 is 6.03 Å². The lowest BCUT2D eigenvalue weighted by Crippen LogP contribution is -2.43. The molecule has 0 radical (unpaired) electrons. The van der Waals surface area contributed by atoms with Crippen LogP contribution < -0.4 is 10.1 Å². The number of amides is 2. The van der Waals surface area contributed by atoms with Gasteiger partial charge in [0.05, 0.1) is 18.8 Å². The van der Waals surface area contributed by atoms with Gasteiger partial charge in [0.25, 0.3) is 0 Å². The molecule has 0 spiro atoms. The number of hydrogen-bond donors (Lipinski definition) is 1. The van der Waals surface area contributed by atoms with Gasteiger partial charge in [0.15, 0.2) is 0 Å². The Kier molecular flexibility index (Phi) is 5.22. The summed E-state index contributed by atoms with van der Waals surface area (Å²) in [6, 6.07) is 23.1. The van der Waals surface area contributed by atoms with Crippen molar-refractivity contribution in [3.63, 3.8) is 0 Å². The normalized spacial score (nSPS) is 15.6. The van der Waals surface area contributed by atoms with Gasteiger partial charge in [-0.25, -0.2) is 4.79 Å². The summed E-state index contributed by atoms with van der Waals surface area (Å²) in [6.07, 6.45) is 0.819. The zero-order valence-electron chi connectivity index (χ0n) is 15.6. The Balaban J connectivity index is 1.70. The standard InChI is InChI=1S/C23H21ClN2O2/c1-28-21-9-5-4-8-20(21)25-23(27)26-15-14-16-6-2-3-7-19(16)22(26)17-10-12-18(24)13-11-17/h2-13,22H,14-15H2,1H3,(H,25,27)/t22-/m1/s1. The predicted octanol–water partition coefficient (Wildman–Crippen LogP) is 5.53. The molecule has 0 aromatic heterocycles. The van der Waals surface area contributed by atoms with Gasteiger partial charge in [0.2, 0.25) is 0 Å². The Labute approximate surface area is 169 Å². The monoisotopic (exact) mass is 392 g/mol. The molecule has 4 rings (SSSR count). The first kappa shape index (κ1) is 18.4. The summed E-state index contributed by atoms with van der Waals surface area (Å²) in [6.45, 7) is 0.630. The third-order valence-electron chi connectivity index (χ3n) is 5.08. The van der Waals surface area contributed by atoms with E-state index in [4.69, 9.17) is 16.3 Å². The molecule has 0 aliphatic carbocycles. The first-order chi connectivity index (χ1) is 13.7. The molecule has 28 heavy (non-hydrogen) atoms. The van der Waals surface area contributed by atoms with Crippen LogP contribution in [0.4, 0.5) is 10.5 Å². The van der Waals surface area contributed by atoms with E-state index in [-0.39, 0.29) is 12.1 Å². The van der Waals surface area contributed by atoms with Crippen LogP contribution in [0.3, 0.4) is 0 Å². The van der Waals surface area contributed by atoms with E-state index in [1.54, 1.807) is 7.11 Å². The van der Waals surface area contributed by atoms with Crippen molar-refractivity contribution in [1.82, 2.24) is 4.90 Å². The van der Waals surface area contributed by atoms with Gasteiger partial charge in [-0.1, -0.05) is 60.1 Å². The maximum Gasteiger partial charge on any atom is 0.322 e. The van der Waals surface area contributed by atoms with Crippen LogP contribution in [0.5, 0.6) is 5.75 Å². The lowest BCUT2D eigenvalue weighted by molar-refractivity contribution is 0.194. The first-order valence-electron chi connectivity index (χ1n) is 9.21. The topological polar surface area (TPSA) is 41.6 Å². The minimum absolute atomic E-state index is 0.154. The lowest BCUT2D eigenvalue weighted by atomic mass is 9.88. The molecular weight excluding hydrogens is 372 g/mol. The summed E-state index contributed by atoms with van der Waals surface area (Å²) in [7, 11) is 1.60. The Bertz CT molecular complexity index is 988. The zero-order chi connectivity index (χ0) is 19.5. The van der Waals surface area contributed by atoms with Crippen molar-refractivity contribution in [1.29, 1.82) is 0 Å². The van der Waals surface area contributed by atoms with Gasteiger partial charge in [-0.3, -0.25) is 0 Å². The average molecular weight is 393 g/mol. The number of urea groups is 1. The fourth-order valence-electron chi connectivity index (χ4n) is 3.72. The molecule has 4 nitrogen and oxygen atoms in total. The second kappa shape index (κ2) is 7.95. The average Bonchev–Trinajstić information content (AvgIpc) is 2.74. The Morgan fingerprint density at radius 1 is 1.04 bits per heavy atom. The summed E-state index contributed by atoms with van der Waals surface area (Å²) in [5, 5.41) is 3.69. The van der Waals surface area contributed by atoms with Crippen molar-refractivity contribution in [2.24, 2.45) is 0 Å². The van der Waals surface area contributed by atoms with Crippen LogP contribution in [0.25, 0.3) is 0 Å². The molecule has 0 saturated carbocycles. The van der Waals surface area contributed by atoms with E-state index in [0.717, 1.165) is 17.5 Å². The molecular formula is C23H21ClN2O2. The van der Waals surface area contributed by atoms with E-state index in [0.29, 0.717) is 23.0 Å². The van der Waals surface area contributed by atoms with Crippen LogP contribution in [-0.4, -0.2) is 24.6 Å². The number of carbonyl (C=O) groups excluding carboxylic acids is 1. The number of anilines is 1. The van der Waals surface area contributed by atoms with Gasteiger partial charge in [-0.2, -0.15) is 0 Å². The highest BCUT2D eigenvalue weighted by Gasteiger charge is 2.32. The minimum atomic E-state index is -0.170. The Morgan fingerprint density at radius 3 is 2.54 bits per heavy atom. The number of halogens is 1. The van der Waals surface area contributed by atoms with E-state index in [1.807, 2.05) is 65.6 Å². The van der Waals surface area contributed by atoms with E-state index < -0.39 is 0 Å². The molecule has 142 valence electrons. The van der Waals surface area contributed by atoms with Crippen LogP contribution in [0.1, 0.15) is 22.7 Å². The Morgan fingerprint density at radius 2 is 1.75 bits per heavy atom. The summed E-state index contributed by atoms with van der Waals surface area (Å²) >= 11 is 6.08. The number of ether oxygens (including phenoxy) is 1. The zero-order valence-corrected chi connectivity index (χ0v) is 16.3. The van der Waals surface area contributed by atoms with Crippen LogP contribution >= 0.6 is 11.6 Å². The number of methoxy groups -OCH3 is 1. The summed E-state index contributed by atoms with van der Waals surface area (Å²) in [5.74, 6) is 0.635. The number of benzene rings is 3. The molecule has 3 aromatic carbocycles. The third kappa shape index (κ3) is 3.56. The van der Waals surface area contributed by atoms with Crippen LogP contribution in [0, 0.1) is 0 Å². The largest absolute Gasteiger partial charge is 0.495 e. The molecule has 1 aliphatic rings. The van der Waals surface area contributed by atoms with Crippen molar-refractivity contribution < 1.29 is 9.53 Å². The first-order valence-corrected chi connectivity index (χ1v) is 9.59. The molecule has 2 amide bonds. The number of hydrogen-bond acceptors (Lipinski definition) is 2. The fraction of sp³-hybridized carbons (Fsp3) is 0.174. The molecule has 0 saturated heterocycles. The second-order valence-corrected chi connectivity index (χ2v) is 7.16. The molecule has 3 aromatic rings. The number of rotatable bonds is 3. The van der Waals surface area contributed by atoms with Crippen LogP contribution in [-0.2, 0) is 6.42 Å². The highest BCUT2D eigenvalue weighted by molar-refractivity contribution is 6.30. The predicted molar refractivity (Wildman–Crippen MR) is 112 cm³/mol. The number of para-hydroxylation sites is 2. The molecule has 5 heteroatoms. The maximum absolute atomic E-state index is 13.2. The molecule has 1 heterocycles. The van der Waals surface area contributed by atoms with E-state index in [9.17, 15) is 4.79 Å². The number of nitrogens with zero attached hydrogens (tertiary/aromatic N) is 1. The molecule has 0 unspecified atom stereocenters. The fourth-order valence-corrected chi connectivity index (χ4v) is 3.85. The molecule has 0 fully saturated rings. The molecule has 1 N–H and O–H groups in total. The summed E-state index contributed by atoms with van der Waals surface area (Å²) in [4.78, 5) is 15.1. The quantitative estimate of drug-likeness (QED) is 0.636. The van der Waals surface area contributed by atoms with Gasteiger partial charge in [0.1, 0.15) is 5.75 Å². The van der Waals surface area contributed by atoms with Gasteiger partial charge in [0, 0.05) is 11.6 Å². The van der Waals surface area contributed by atoms with Crippen molar-refractivity contribution in [3.8, 4) is 5.75 Å². The van der Waals surface area contributed by atoms with E-state index in [1.165, 1.54) is 5.56 Å².